The minimum absolute atomic E-state index is 0.0728. The van der Waals surface area contributed by atoms with Crippen molar-refractivity contribution in [1.29, 1.82) is 0 Å². The predicted molar refractivity (Wildman–Crippen MR) is 60.0 cm³/mol. The van der Waals surface area contributed by atoms with Crippen LogP contribution in [0.1, 0.15) is 33.6 Å². The molecular formula is C11H22N2O2. The zero-order valence-corrected chi connectivity index (χ0v) is 9.84. The Bertz CT molecular complexity index is 223. The lowest BCUT2D eigenvalue weighted by Gasteiger charge is -2.33. The summed E-state index contributed by atoms with van der Waals surface area (Å²) in [6.07, 6.45) is 1.17. The molecule has 3 N–H and O–H groups in total. The fourth-order valence-electron chi connectivity index (χ4n) is 2.34. The number of carboxylic acid groups (broad SMARTS) is 1. The third-order valence-corrected chi connectivity index (χ3v) is 2.67. The third kappa shape index (κ3) is 5.02. The highest BCUT2D eigenvalue weighted by atomic mass is 16.4. The van der Waals surface area contributed by atoms with Crippen molar-refractivity contribution >= 4 is 6.09 Å². The van der Waals surface area contributed by atoms with Crippen LogP contribution in [0, 0.1) is 11.3 Å². The summed E-state index contributed by atoms with van der Waals surface area (Å²) in [7, 11) is 0. The fourth-order valence-corrected chi connectivity index (χ4v) is 2.34. The van der Waals surface area contributed by atoms with E-state index in [-0.39, 0.29) is 6.04 Å². The largest absolute Gasteiger partial charge is 0.465 e. The molecule has 1 amide bonds. The van der Waals surface area contributed by atoms with Crippen molar-refractivity contribution in [2.45, 2.75) is 39.7 Å². The highest BCUT2D eigenvalue weighted by molar-refractivity contribution is 5.64. The molecule has 0 aliphatic carbocycles. The molecule has 88 valence electrons. The number of rotatable bonds is 2. The van der Waals surface area contributed by atoms with Crippen LogP contribution < -0.4 is 10.6 Å². The molecule has 1 fully saturated rings. The Morgan fingerprint density at radius 2 is 2.13 bits per heavy atom. The maximum absolute atomic E-state index is 10.5. The van der Waals surface area contributed by atoms with Gasteiger partial charge in [0.05, 0.1) is 0 Å². The van der Waals surface area contributed by atoms with Crippen molar-refractivity contribution in [3.05, 3.63) is 0 Å². The van der Waals surface area contributed by atoms with E-state index in [4.69, 9.17) is 5.11 Å². The summed E-state index contributed by atoms with van der Waals surface area (Å²) < 4.78 is 0. The number of piperidine rings is 1. The van der Waals surface area contributed by atoms with Gasteiger partial charge in [-0.1, -0.05) is 20.8 Å². The summed E-state index contributed by atoms with van der Waals surface area (Å²) >= 11 is 0. The lowest BCUT2D eigenvalue weighted by Crippen LogP contribution is -2.49. The molecule has 4 heteroatoms. The predicted octanol–water partition coefficient (Wildman–Crippen LogP) is 1.67. The van der Waals surface area contributed by atoms with E-state index in [0.29, 0.717) is 11.3 Å². The van der Waals surface area contributed by atoms with E-state index in [1.165, 1.54) is 0 Å². The van der Waals surface area contributed by atoms with Gasteiger partial charge in [-0.05, 0) is 30.7 Å². The van der Waals surface area contributed by atoms with Crippen LogP contribution in [-0.2, 0) is 0 Å². The Morgan fingerprint density at radius 3 is 2.67 bits per heavy atom. The van der Waals surface area contributed by atoms with Crippen molar-refractivity contribution in [3.8, 4) is 0 Å². The summed E-state index contributed by atoms with van der Waals surface area (Å²) in [5, 5.41) is 14.5. The number of carbonyl (C=O) groups is 1. The molecule has 4 nitrogen and oxygen atoms in total. The second-order valence-electron chi connectivity index (χ2n) is 5.67. The summed E-state index contributed by atoms with van der Waals surface area (Å²) in [5.74, 6) is 0.579. The van der Waals surface area contributed by atoms with Crippen LogP contribution in [0.2, 0.25) is 0 Å². The summed E-state index contributed by atoms with van der Waals surface area (Å²) in [5.41, 5.74) is 0.317. The van der Waals surface area contributed by atoms with Crippen molar-refractivity contribution in [3.63, 3.8) is 0 Å². The zero-order chi connectivity index (χ0) is 11.5. The van der Waals surface area contributed by atoms with Crippen LogP contribution in [0.15, 0.2) is 0 Å². The first-order valence-corrected chi connectivity index (χ1v) is 5.57. The fraction of sp³-hybridized carbons (Fsp3) is 0.909. The topological polar surface area (TPSA) is 61.4 Å². The van der Waals surface area contributed by atoms with Crippen LogP contribution in [0.4, 0.5) is 4.79 Å². The van der Waals surface area contributed by atoms with Crippen LogP contribution >= 0.6 is 0 Å². The zero-order valence-electron chi connectivity index (χ0n) is 9.84. The first kappa shape index (κ1) is 12.3. The molecular weight excluding hydrogens is 192 g/mol. The molecule has 15 heavy (non-hydrogen) atoms. The molecule has 0 aromatic rings. The molecule has 0 saturated carbocycles. The number of hydrogen-bond donors (Lipinski definition) is 3. The van der Waals surface area contributed by atoms with Crippen LogP contribution in [0.3, 0.4) is 0 Å². The van der Waals surface area contributed by atoms with E-state index in [9.17, 15) is 4.79 Å². The van der Waals surface area contributed by atoms with Gasteiger partial charge in [-0.3, -0.25) is 0 Å². The Hall–Kier alpha value is -0.770. The lowest BCUT2D eigenvalue weighted by molar-refractivity contribution is 0.177. The van der Waals surface area contributed by atoms with Gasteiger partial charge in [0.1, 0.15) is 0 Å². The normalized spacial score (nSPS) is 27.4. The van der Waals surface area contributed by atoms with Crippen LogP contribution in [0.5, 0.6) is 0 Å². The van der Waals surface area contributed by atoms with Gasteiger partial charge < -0.3 is 15.7 Å². The number of amides is 1. The summed E-state index contributed by atoms with van der Waals surface area (Å²) in [6.45, 7) is 8.44. The quantitative estimate of drug-likeness (QED) is 0.655. The number of nitrogens with one attached hydrogen (secondary N) is 2. The van der Waals surface area contributed by atoms with E-state index in [1.54, 1.807) is 0 Å². The minimum atomic E-state index is -0.918. The molecule has 1 aliphatic heterocycles. The van der Waals surface area contributed by atoms with Gasteiger partial charge in [-0.15, -0.1) is 0 Å². The molecule has 1 rings (SSSR count). The summed E-state index contributed by atoms with van der Waals surface area (Å²) in [6, 6.07) is 0.0728. The van der Waals surface area contributed by atoms with E-state index < -0.39 is 6.09 Å². The maximum Gasteiger partial charge on any atom is 0.404 e. The van der Waals surface area contributed by atoms with Gasteiger partial charge in [-0.2, -0.15) is 0 Å². The standard InChI is InChI=1S/C11H22N2O2/c1-11(2,3)5-8-4-9(7-12-6-8)13-10(14)15/h8-9,12-13H,4-7H2,1-3H3,(H,14,15)/t8-,9-/m0/s1. The van der Waals surface area contributed by atoms with Crippen LogP contribution in [-0.4, -0.2) is 30.3 Å². The van der Waals surface area contributed by atoms with Gasteiger partial charge in [0.25, 0.3) is 0 Å². The highest BCUT2D eigenvalue weighted by Crippen LogP contribution is 2.27. The van der Waals surface area contributed by atoms with Crippen molar-refractivity contribution < 1.29 is 9.90 Å². The van der Waals surface area contributed by atoms with E-state index in [0.717, 1.165) is 25.9 Å². The SMILES string of the molecule is CC(C)(C)C[C@H]1CNC[C@@H](NC(=O)O)C1. The monoisotopic (exact) mass is 214 g/mol. The van der Waals surface area contributed by atoms with Crippen molar-refractivity contribution in [2.24, 2.45) is 11.3 Å². The van der Waals surface area contributed by atoms with Gasteiger partial charge in [0, 0.05) is 12.6 Å². The van der Waals surface area contributed by atoms with Crippen LogP contribution in [0.25, 0.3) is 0 Å². The van der Waals surface area contributed by atoms with E-state index >= 15 is 0 Å². The number of hydrogen-bond acceptors (Lipinski definition) is 2. The van der Waals surface area contributed by atoms with Gasteiger partial charge in [-0.25, -0.2) is 4.79 Å². The van der Waals surface area contributed by atoms with E-state index in [2.05, 4.69) is 31.4 Å². The molecule has 0 bridgehead atoms. The molecule has 1 saturated heterocycles. The molecule has 0 aromatic heterocycles. The third-order valence-electron chi connectivity index (χ3n) is 2.67. The Kier molecular flexibility index (Phi) is 3.97. The molecule has 0 unspecified atom stereocenters. The Balaban J connectivity index is 2.38. The average molecular weight is 214 g/mol. The Labute approximate surface area is 91.4 Å². The Morgan fingerprint density at radius 1 is 1.47 bits per heavy atom. The summed E-state index contributed by atoms with van der Waals surface area (Å²) in [4.78, 5) is 10.5. The molecule has 1 heterocycles. The minimum Gasteiger partial charge on any atom is -0.465 e. The second kappa shape index (κ2) is 4.84. The highest BCUT2D eigenvalue weighted by Gasteiger charge is 2.26. The van der Waals surface area contributed by atoms with Gasteiger partial charge in [0.15, 0.2) is 0 Å². The van der Waals surface area contributed by atoms with Gasteiger partial charge in [0.2, 0.25) is 0 Å². The molecule has 2 atom stereocenters. The molecule has 0 spiro atoms. The molecule has 1 aliphatic rings. The lowest BCUT2D eigenvalue weighted by atomic mass is 9.80. The molecule has 0 aromatic carbocycles. The first-order chi connectivity index (χ1) is 6.87. The second-order valence-corrected chi connectivity index (χ2v) is 5.67. The van der Waals surface area contributed by atoms with Crippen molar-refractivity contribution in [2.75, 3.05) is 13.1 Å². The van der Waals surface area contributed by atoms with Gasteiger partial charge >= 0.3 is 6.09 Å². The van der Waals surface area contributed by atoms with Crippen molar-refractivity contribution in [1.82, 2.24) is 10.6 Å². The maximum atomic E-state index is 10.5. The smallest absolute Gasteiger partial charge is 0.404 e. The van der Waals surface area contributed by atoms with E-state index in [1.807, 2.05) is 0 Å². The molecule has 0 radical (unpaired) electrons. The first-order valence-electron chi connectivity index (χ1n) is 5.57. The average Bonchev–Trinajstić information content (AvgIpc) is 1.99.